The molecule has 0 atom stereocenters. The molecule has 0 unspecified atom stereocenters. The second-order valence-electron chi connectivity index (χ2n) is 9.04. The summed E-state index contributed by atoms with van der Waals surface area (Å²) < 4.78 is 46.0. The van der Waals surface area contributed by atoms with Crippen LogP contribution in [0.5, 0.6) is 11.5 Å². The lowest BCUT2D eigenvalue weighted by Crippen LogP contribution is -2.34. The molecule has 0 spiro atoms. The van der Waals surface area contributed by atoms with Gasteiger partial charge in [-0.2, -0.15) is 13.2 Å². The van der Waals surface area contributed by atoms with E-state index in [0.717, 1.165) is 51.3 Å². The van der Waals surface area contributed by atoms with Crippen molar-refractivity contribution >= 4 is 34.3 Å². The number of nitrogens with one attached hydrogen (secondary N) is 1. The molecule has 1 aliphatic heterocycles. The predicted octanol–water partition coefficient (Wildman–Crippen LogP) is 6.23. The molecule has 7 nitrogen and oxygen atoms in total. The minimum absolute atomic E-state index is 0.0257. The largest absolute Gasteiger partial charge is 0.456 e. The van der Waals surface area contributed by atoms with E-state index in [1.807, 2.05) is 6.07 Å². The molecule has 2 aromatic heterocycles. The molecule has 188 valence electrons. The Bertz CT molecular complexity index is 1550. The first kappa shape index (κ1) is 23.1. The van der Waals surface area contributed by atoms with Crippen molar-refractivity contribution in [1.82, 2.24) is 9.97 Å². The molecule has 0 bridgehead atoms. The van der Waals surface area contributed by atoms with E-state index in [2.05, 4.69) is 9.97 Å². The van der Waals surface area contributed by atoms with Crippen LogP contribution in [0, 0.1) is 0 Å². The van der Waals surface area contributed by atoms with Crippen molar-refractivity contribution in [1.29, 1.82) is 0 Å². The lowest BCUT2D eigenvalue weighted by Gasteiger charge is -2.26. The van der Waals surface area contributed by atoms with Crippen LogP contribution in [0.4, 0.5) is 29.3 Å². The first-order valence-corrected chi connectivity index (χ1v) is 11.9. The number of pyridine rings is 1. The monoisotopic (exact) mass is 506 g/mol. The number of imide groups is 1. The quantitative estimate of drug-likeness (QED) is 0.333. The van der Waals surface area contributed by atoms with E-state index < -0.39 is 23.7 Å². The first-order chi connectivity index (χ1) is 17.8. The number of hydrogen-bond acceptors (Lipinski definition) is 4. The summed E-state index contributed by atoms with van der Waals surface area (Å²) in [6.07, 6.45) is 2.06. The highest BCUT2D eigenvalue weighted by molar-refractivity contribution is 6.27. The van der Waals surface area contributed by atoms with Gasteiger partial charge in [-0.1, -0.05) is 6.07 Å². The van der Waals surface area contributed by atoms with E-state index in [4.69, 9.17) is 4.74 Å². The third-order valence-corrected chi connectivity index (χ3v) is 6.80. The van der Waals surface area contributed by atoms with E-state index in [1.54, 1.807) is 30.6 Å². The van der Waals surface area contributed by atoms with Crippen LogP contribution in [0.3, 0.4) is 0 Å². The van der Waals surface area contributed by atoms with Gasteiger partial charge in [0.15, 0.2) is 0 Å². The summed E-state index contributed by atoms with van der Waals surface area (Å²) in [5.41, 5.74) is 2.06. The molecule has 1 fully saturated rings. The number of carbonyl (C=O) groups is 2. The summed E-state index contributed by atoms with van der Waals surface area (Å²) in [6, 6.07) is 10.9. The van der Waals surface area contributed by atoms with E-state index in [1.165, 1.54) is 12.1 Å². The number of aromatic nitrogens is 2. The Labute approximate surface area is 209 Å². The fraction of sp³-hybridized carbons (Fsp3) is 0.222. The zero-order valence-electron chi connectivity index (χ0n) is 19.5. The molecule has 1 N–H and O–H groups in total. The van der Waals surface area contributed by atoms with Gasteiger partial charge in [0.1, 0.15) is 23.7 Å². The Kier molecular flexibility index (Phi) is 5.40. The van der Waals surface area contributed by atoms with Crippen LogP contribution >= 0.6 is 0 Å². The molecule has 1 aliphatic carbocycles. The SMILES string of the molecule is O=C1CN(c2cccc(C(F)(F)F)c2)C(=O)N1c1ccc(Oc2ccnc3[nH]ccc23)c2c1CCCC2. The Morgan fingerprint density at radius 2 is 1.76 bits per heavy atom. The number of nitrogens with zero attached hydrogens (tertiary/aromatic N) is 3. The van der Waals surface area contributed by atoms with Crippen molar-refractivity contribution in [3.8, 4) is 11.5 Å². The van der Waals surface area contributed by atoms with Gasteiger partial charge in [-0.3, -0.25) is 9.69 Å². The summed E-state index contributed by atoms with van der Waals surface area (Å²) >= 11 is 0. The summed E-state index contributed by atoms with van der Waals surface area (Å²) in [6.45, 7) is -0.338. The van der Waals surface area contributed by atoms with E-state index in [-0.39, 0.29) is 12.2 Å². The van der Waals surface area contributed by atoms with Crippen LogP contribution in [0.15, 0.2) is 60.9 Å². The molecule has 10 heteroatoms. The molecule has 3 amide bonds. The molecule has 0 saturated carbocycles. The number of amides is 3. The maximum Gasteiger partial charge on any atom is 0.416 e. The molecule has 0 radical (unpaired) electrons. The van der Waals surface area contributed by atoms with Gasteiger partial charge >= 0.3 is 12.2 Å². The number of benzene rings is 2. The second kappa shape index (κ2) is 8.65. The molecule has 4 aromatic rings. The zero-order chi connectivity index (χ0) is 25.7. The van der Waals surface area contributed by atoms with Crippen LogP contribution in [-0.4, -0.2) is 28.5 Å². The first-order valence-electron chi connectivity index (χ1n) is 11.9. The van der Waals surface area contributed by atoms with Crippen molar-refractivity contribution in [2.75, 3.05) is 16.3 Å². The van der Waals surface area contributed by atoms with Gasteiger partial charge in [-0.15, -0.1) is 0 Å². The van der Waals surface area contributed by atoms with Gasteiger partial charge in [0.25, 0.3) is 5.91 Å². The van der Waals surface area contributed by atoms with E-state index >= 15 is 0 Å². The number of anilines is 2. The van der Waals surface area contributed by atoms with Crippen molar-refractivity contribution in [2.45, 2.75) is 31.9 Å². The van der Waals surface area contributed by atoms with Crippen molar-refractivity contribution < 1.29 is 27.5 Å². The van der Waals surface area contributed by atoms with Crippen LogP contribution in [0.2, 0.25) is 0 Å². The third-order valence-electron chi connectivity index (χ3n) is 6.80. The molecule has 37 heavy (non-hydrogen) atoms. The average molecular weight is 506 g/mol. The van der Waals surface area contributed by atoms with Gasteiger partial charge in [-0.25, -0.2) is 14.7 Å². The Hall–Kier alpha value is -4.34. The van der Waals surface area contributed by atoms with Crippen LogP contribution in [0.25, 0.3) is 11.0 Å². The summed E-state index contributed by atoms with van der Waals surface area (Å²) in [4.78, 5) is 35.9. The number of aromatic amines is 1. The minimum atomic E-state index is -4.56. The topological polar surface area (TPSA) is 78.5 Å². The average Bonchev–Trinajstić information content (AvgIpc) is 3.49. The number of rotatable bonds is 4. The maximum absolute atomic E-state index is 13.4. The Morgan fingerprint density at radius 1 is 0.946 bits per heavy atom. The summed E-state index contributed by atoms with van der Waals surface area (Å²) in [7, 11) is 0. The number of halogens is 3. The number of H-pyrrole nitrogens is 1. The highest BCUT2D eigenvalue weighted by Gasteiger charge is 2.41. The van der Waals surface area contributed by atoms with Gasteiger partial charge in [0.05, 0.1) is 16.6 Å². The standard InChI is InChI=1S/C27H21F3N4O3/c28-27(29,30)16-4-3-5-17(14-16)33-15-24(35)34(26(33)36)21-8-9-22(19-7-2-1-6-18(19)21)37-23-11-13-32-25-20(23)10-12-31-25/h3-5,8-14H,1-2,6-7,15H2,(H,31,32). The normalized spacial score (nSPS) is 16.0. The van der Waals surface area contributed by atoms with E-state index in [0.29, 0.717) is 35.7 Å². The van der Waals surface area contributed by atoms with Crippen molar-refractivity contribution in [2.24, 2.45) is 0 Å². The molecule has 2 aromatic carbocycles. The van der Waals surface area contributed by atoms with Crippen LogP contribution < -0.4 is 14.5 Å². The van der Waals surface area contributed by atoms with Crippen LogP contribution in [0.1, 0.15) is 29.5 Å². The molecule has 2 aliphatic rings. The number of alkyl halides is 3. The fourth-order valence-electron chi connectivity index (χ4n) is 5.05. The number of fused-ring (bicyclic) bond motifs is 2. The number of carbonyl (C=O) groups excluding carboxylic acids is 2. The fourth-order valence-corrected chi connectivity index (χ4v) is 5.05. The summed E-state index contributed by atoms with van der Waals surface area (Å²) in [5.74, 6) is 0.781. The van der Waals surface area contributed by atoms with E-state index in [9.17, 15) is 22.8 Å². The molecular weight excluding hydrogens is 485 g/mol. The Balaban J connectivity index is 1.36. The second-order valence-corrected chi connectivity index (χ2v) is 9.04. The lowest BCUT2D eigenvalue weighted by atomic mass is 9.89. The van der Waals surface area contributed by atoms with Gasteiger partial charge < -0.3 is 9.72 Å². The Morgan fingerprint density at radius 3 is 2.57 bits per heavy atom. The number of urea groups is 1. The highest BCUT2D eigenvalue weighted by atomic mass is 19.4. The smallest absolute Gasteiger partial charge is 0.416 e. The van der Waals surface area contributed by atoms with Crippen molar-refractivity contribution in [3.63, 3.8) is 0 Å². The third kappa shape index (κ3) is 3.98. The van der Waals surface area contributed by atoms with Crippen molar-refractivity contribution in [3.05, 3.63) is 77.6 Å². The number of hydrogen-bond donors (Lipinski definition) is 1. The van der Waals surface area contributed by atoms with Gasteiger partial charge in [0.2, 0.25) is 0 Å². The molecule has 6 rings (SSSR count). The lowest BCUT2D eigenvalue weighted by molar-refractivity contribution is -0.137. The number of ether oxygens (including phenoxy) is 1. The minimum Gasteiger partial charge on any atom is -0.456 e. The summed E-state index contributed by atoms with van der Waals surface area (Å²) in [5, 5.41) is 0.831. The molecular formula is C27H21F3N4O3. The zero-order valence-corrected chi connectivity index (χ0v) is 19.5. The van der Waals surface area contributed by atoms with Crippen LogP contribution in [-0.2, 0) is 23.8 Å². The highest BCUT2D eigenvalue weighted by Crippen LogP contribution is 2.41. The van der Waals surface area contributed by atoms with Gasteiger partial charge in [0, 0.05) is 23.6 Å². The molecule has 3 heterocycles. The maximum atomic E-state index is 13.4. The predicted molar refractivity (Wildman–Crippen MR) is 131 cm³/mol. The molecule has 1 saturated heterocycles. The van der Waals surface area contributed by atoms with Gasteiger partial charge in [-0.05, 0) is 73.7 Å².